The summed E-state index contributed by atoms with van der Waals surface area (Å²) in [5.41, 5.74) is 15.7. The molecular weight excluding hydrogens is 222 g/mol. The van der Waals surface area contributed by atoms with Crippen molar-refractivity contribution in [2.24, 2.45) is 0 Å². The highest BCUT2D eigenvalue weighted by Gasteiger charge is 2.46. The molecule has 16 heavy (non-hydrogen) atoms. The zero-order chi connectivity index (χ0) is 11.3. The topological polar surface area (TPSA) is 143 Å². The highest BCUT2D eigenvalue weighted by atomic mass is 16.4. The van der Waals surface area contributed by atoms with E-state index >= 15 is 0 Å². The molecule has 0 spiro atoms. The van der Waals surface area contributed by atoms with Crippen molar-refractivity contribution in [3.8, 4) is 0 Å². The molecule has 12 heteroatoms. The third-order valence-corrected chi connectivity index (χ3v) is 2.26. The normalized spacial score (nSPS) is 46.7. The fraction of sp³-hybridized carbons (Fsp3) is 1.00. The average Bonchev–Trinajstić information content (AvgIpc) is 2.14. The summed E-state index contributed by atoms with van der Waals surface area (Å²) in [4.78, 5) is 0. The van der Waals surface area contributed by atoms with Gasteiger partial charge in [-0.25, -0.2) is 0 Å². The Morgan fingerprint density at radius 2 is 0.812 bits per heavy atom. The molecule has 0 radical (unpaired) electrons. The van der Waals surface area contributed by atoms with Crippen LogP contribution in [0, 0.1) is 0 Å². The van der Waals surface area contributed by atoms with Crippen molar-refractivity contribution in [1.29, 1.82) is 0 Å². The maximum absolute atomic E-state index is 9.42. The second kappa shape index (κ2) is 3.77. The van der Waals surface area contributed by atoms with Gasteiger partial charge in [-0.2, -0.15) is 32.6 Å². The SMILES string of the molecule is OC1NN2NC(O)NN3NC(O)NN(N1)C23. The lowest BCUT2D eigenvalue weighted by Gasteiger charge is -2.56. The number of nitrogens with zero attached hydrogens (tertiary/aromatic N) is 3. The van der Waals surface area contributed by atoms with Crippen molar-refractivity contribution in [3.05, 3.63) is 0 Å². The van der Waals surface area contributed by atoms with Crippen LogP contribution in [-0.2, 0) is 0 Å². The summed E-state index contributed by atoms with van der Waals surface area (Å²) in [6, 6.07) is 0. The lowest BCUT2D eigenvalue weighted by atomic mass is 10.6. The number of hydrogen-bond donors (Lipinski definition) is 9. The van der Waals surface area contributed by atoms with Gasteiger partial charge in [0.25, 0.3) is 0 Å². The molecule has 3 fully saturated rings. The summed E-state index contributed by atoms with van der Waals surface area (Å²) in [5, 5.41) is 32.3. The average molecular weight is 235 g/mol. The van der Waals surface area contributed by atoms with Crippen molar-refractivity contribution < 1.29 is 15.3 Å². The summed E-state index contributed by atoms with van der Waals surface area (Å²) in [6.07, 6.45) is -3.69. The molecule has 3 rings (SSSR count). The van der Waals surface area contributed by atoms with Crippen LogP contribution in [0.25, 0.3) is 0 Å². The highest BCUT2D eigenvalue weighted by Crippen LogP contribution is 2.12. The third kappa shape index (κ3) is 1.68. The summed E-state index contributed by atoms with van der Waals surface area (Å²) >= 11 is 0. The fourth-order valence-corrected chi connectivity index (χ4v) is 1.74. The minimum absolute atomic E-state index is 0.504. The number of aliphatic hydroxyl groups excluding tert-OH is 3. The van der Waals surface area contributed by atoms with Crippen LogP contribution in [0.15, 0.2) is 0 Å². The van der Waals surface area contributed by atoms with Crippen LogP contribution in [-0.4, -0.2) is 56.0 Å². The van der Waals surface area contributed by atoms with Crippen molar-refractivity contribution in [2.45, 2.75) is 25.3 Å². The summed E-state index contributed by atoms with van der Waals surface area (Å²) in [6.45, 7) is 0. The number of rotatable bonds is 0. The lowest BCUT2D eigenvalue weighted by molar-refractivity contribution is -0.354. The maximum atomic E-state index is 9.42. The summed E-state index contributed by atoms with van der Waals surface area (Å²) < 4.78 is 0. The Labute approximate surface area is 89.6 Å². The number of hydrogen-bond acceptors (Lipinski definition) is 12. The first kappa shape index (κ1) is 10.7. The molecule has 9 N–H and O–H groups in total. The predicted molar refractivity (Wildman–Crippen MR) is 46.1 cm³/mol. The van der Waals surface area contributed by atoms with E-state index in [1.807, 2.05) is 0 Å². The van der Waals surface area contributed by atoms with Gasteiger partial charge in [-0.05, 0) is 0 Å². The maximum Gasteiger partial charge on any atom is 0.199 e. The van der Waals surface area contributed by atoms with Crippen molar-refractivity contribution in [3.63, 3.8) is 0 Å². The van der Waals surface area contributed by atoms with E-state index in [2.05, 4.69) is 32.6 Å². The molecule has 0 aliphatic carbocycles. The van der Waals surface area contributed by atoms with Gasteiger partial charge in [-0.15, -0.1) is 15.4 Å². The van der Waals surface area contributed by atoms with E-state index in [1.165, 1.54) is 15.4 Å². The molecule has 0 unspecified atom stereocenters. The van der Waals surface area contributed by atoms with Crippen LogP contribution < -0.4 is 32.6 Å². The molecule has 0 amide bonds. The lowest BCUT2D eigenvalue weighted by Crippen LogP contribution is -2.91. The molecule has 0 aromatic rings. The van der Waals surface area contributed by atoms with Gasteiger partial charge in [0.15, 0.2) is 25.3 Å². The number of hydrazine groups is 6. The number of aliphatic hydroxyl groups is 3. The zero-order valence-corrected chi connectivity index (χ0v) is 7.99. The Hall–Kier alpha value is -0.480. The van der Waals surface area contributed by atoms with E-state index in [1.54, 1.807) is 0 Å². The van der Waals surface area contributed by atoms with Gasteiger partial charge in [0.2, 0.25) is 0 Å². The van der Waals surface area contributed by atoms with Crippen LogP contribution in [0.1, 0.15) is 0 Å². The Morgan fingerprint density at radius 1 is 0.562 bits per heavy atom. The minimum Gasteiger partial charge on any atom is -0.363 e. The monoisotopic (exact) mass is 235 g/mol. The van der Waals surface area contributed by atoms with E-state index in [0.29, 0.717) is 0 Å². The Kier molecular flexibility index (Phi) is 2.51. The molecule has 3 aliphatic heterocycles. The van der Waals surface area contributed by atoms with E-state index in [4.69, 9.17) is 0 Å². The molecule has 3 saturated heterocycles. The highest BCUT2D eigenvalue weighted by molar-refractivity contribution is 4.75. The van der Waals surface area contributed by atoms with Gasteiger partial charge >= 0.3 is 0 Å². The molecule has 12 nitrogen and oxygen atoms in total. The Balaban J connectivity index is 1.83. The van der Waals surface area contributed by atoms with Gasteiger partial charge in [-0.1, -0.05) is 0 Å². The Bertz CT molecular complexity index is 219. The molecule has 3 heterocycles. The largest absolute Gasteiger partial charge is 0.363 e. The first-order valence-electron chi connectivity index (χ1n) is 4.62. The van der Waals surface area contributed by atoms with Gasteiger partial charge < -0.3 is 15.3 Å². The van der Waals surface area contributed by atoms with Gasteiger partial charge in [0.05, 0.1) is 0 Å². The van der Waals surface area contributed by atoms with Crippen LogP contribution >= 0.6 is 0 Å². The third-order valence-electron chi connectivity index (χ3n) is 2.26. The van der Waals surface area contributed by atoms with Crippen molar-refractivity contribution in [1.82, 2.24) is 47.9 Å². The van der Waals surface area contributed by atoms with Crippen LogP contribution in [0.4, 0.5) is 0 Å². The quantitative estimate of drug-likeness (QED) is 0.197. The predicted octanol–water partition coefficient (Wildman–Crippen LogP) is -5.93. The second-order valence-corrected chi connectivity index (χ2v) is 3.44. The smallest absolute Gasteiger partial charge is 0.199 e. The minimum atomic E-state index is -1.06. The van der Waals surface area contributed by atoms with E-state index in [9.17, 15) is 15.3 Å². The molecule has 3 aliphatic rings. The van der Waals surface area contributed by atoms with Gasteiger partial charge in [-0.3, -0.25) is 0 Å². The van der Waals surface area contributed by atoms with E-state index in [0.717, 1.165) is 0 Å². The van der Waals surface area contributed by atoms with Crippen molar-refractivity contribution in [2.75, 3.05) is 0 Å². The first-order chi connectivity index (χ1) is 7.63. The molecule has 0 aromatic carbocycles. The standard InChI is InChI=1S/C4H13N9O3/c14-1-5-11-4-12(6-1)8-3(16)10-13(4)9-2(15)7-11/h1-10,14-16H. The first-order valence-corrected chi connectivity index (χ1v) is 4.62. The molecule has 0 aromatic heterocycles. The summed E-state index contributed by atoms with van der Waals surface area (Å²) in [7, 11) is 0. The zero-order valence-electron chi connectivity index (χ0n) is 7.99. The number of nitrogens with one attached hydrogen (secondary N) is 6. The van der Waals surface area contributed by atoms with Gasteiger partial charge in [0.1, 0.15) is 0 Å². The van der Waals surface area contributed by atoms with Crippen LogP contribution in [0.3, 0.4) is 0 Å². The van der Waals surface area contributed by atoms with E-state index in [-0.39, 0.29) is 0 Å². The van der Waals surface area contributed by atoms with Crippen molar-refractivity contribution >= 4 is 0 Å². The molecule has 0 atom stereocenters. The van der Waals surface area contributed by atoms with Gasteiger partial charge in [0, 0.05) is 0 Å². The second-order valence-electron chi connectivity index (χ2n) is 3.44. The fourth-order valence-electron chi connectivity index (χ4n) is 1.74. The molecular formula is C4H13N9O3. The summed E-state index contributed by atoms with van der Waals surface area (Å²) in [5.74, 6) is 0. The molecule has 92 valence electrons. The molecule has 0 saturated carbocycles. The van der Waals surface area contributed by atoms with E-state index < -0.39 is 25.3 Å². The molecule has 0 bridgehead atoms. The van der Waals surface area contributed by atoms with Crippen LogP contribution in [0.5, 0.6) is 0 Å². The Morgan fingerprint density at radius 3 is 1.06 bits per heavy atom. The van der Waals surface area contributed by atoms with Crippen LogP contribution in [0.2, 0.25) is 0 Å².